The maximum absolute atomic E-state index is 12.8. The van der Waals surface area contributed by atoms with Crippen molar-refractivity contribution in [1.29, 1.82) is 0 Å². The summed E-state index contributed by atoms with van der Waals surface area (Å²) in [4.78, 5) is 8.45. The summed E-state index contributed by atoms with van der Waals surface area (Å²) >= 11 is 0. The Labute approximate surface area is 171 Å². The molecule has 0 amide bonds. The number of aromatic nitrogens is 1. The molecule has 0 aliphatic carbocycles. The zero-order valence-electron chi connectivity index (χ0n) is 15.9. The summed E-state index contributed by atoms with van der Waals surface area (Å²) in [5.41, 5.74) is -3.91. The zero-order valence-corrected chi connectivity index (χ0v) is 16.7. The molecule has 4 rings (SSSR count). The maximum Gasteiger partial charge on any atom is 0.534 e. The number of fused-ring (bicyclic) bond motifs is 1. The van der Waals surface area contributed by atoms with Crippen LogP contribution in [0, 0.1) is 0 Å². The fourth-order valence-electron chi connectivity index (χ4n) is 3.56. The number of rotatable bonds is 4. The Kier molecular flexibility index (Phi) is 5.64. The Morgan fingerprint density at radius 1 is 0.967 bits per heavy atom. The molecule has 2 aliphatic heterocycles. The number of ether oxygens (including phenoxy) is 2. The Bertz CT molecular complexity index is 1020. The van der Waals surface area contributed by atoms with Gasteiger partial charge in [-0.3, -0.25) is 0 Å². The normalized spacial score (nSPS) is 18.6. The number of hydrogen-bond donors (Lipinski definition) is 0. The average molecular weight is 447 g/mol. The van der Waals surface area contributed by atoms with Crippen molar-refractivity contribution in [2.45, 2.75) is 5.51 Å². The zero-order chi connectivity index (χ0) is 21.4. The third-order valence-electron chi connectivity index (χ3n) is 4.97. The number of halogens is 3. The second-order valence-electron chi connectivity index (χ2n) is 6.83. The Balaban J connectivity index is 1.84. The van der Waals surface area contributed by atoms with Crippen molar-refractivity contribution in [1.82, 2.24) is 4.98 Å². The fourth-order valence-corrected chi connectivity index (χ4v) is 4.02. The highest BCUT2D eigenvalue weighted by Gasteiger charge is 2.48. The van der Waals surface area contributed by atoms with Crippen LogP contribution in [0.3, 0.4) is 0 Å². The van der Waals surface area contributed by atoms with Crippen LogP contribution in [0.5, 0.6) is 5.75 Å². The molecule has 3 heterocycles. The summed E-state index contributed by atoms with van der Waals surface area (Å²) in [5, 5.41) is 0.510. The predicted molar refractivity (Wildman–Crippen MR) is 103 cm³/mol. The van der Waals surface area contributed by atoms with Gasteiger partial charge in [-0.2, -0.15) is 21.6 Å². The second kappa shape index (κ2) is 8.08. The highest BCUT2D eigenvalue weighted by molar-refractivity contribution is 7.88. The molecule has 8 nitrogen and oxygen atoms in total. The molecule has 0 saturated carbocycles. The second-order valence-corrected chi connectivity index (χ2v) is 8.36. The van der Waals surface area contributed by atoms with Crippen LogP contribution < -0.4 is 14.0 Å². The molecule has 1 aromatic heterocycles. The largest absolute Gasteiger partial charge is 0.534 e. The van der Waals surface area contributed by atoms with Crippen molar-refractivity contribution >= 4 is 32.4 Å². The van der Waals surface area contributed by atoms with E-state index in [0.717, 1.165) is 17.4 Å². The molecule has 0 spiro atoms. The quantitative estimate of drug-likeness (QED) is 0.521. The first-order valence-corrected chi connectivity index (χ1v) is 10.8. The smallest absolute Gasteiger partial charge is 0.378 e. The molecular formula is C18H20F3N3O5S. The van der Waals surface area contributed by atoms with E-state index < -0.39 is 21.4 Å². The molecule has 2 aliphatic rings. The number of alkyl halides is 3. The van der Waals surface area contributed by atoms with Gasteiger partial charge in [-0.15, -0.1) is 0 Å². The summed E-state index contributed by atoms with van der Waals surface area (Å²) < 4.78 is 76.8. The number of hydrogen-bond acceptors (Lipinski definition) is 8. The SMILES string of the molecule is O=S(=O)(Oc1cccc2c(N3CCOCC3)c(N3CCOCC3)cnc12)C(F)(F)F. The molecule has 12 heteroatoms. The molecule has 0 unspecified atom stereocenters. The molecule has 0 radical (unpaired) electrons. The Morgan fingerprint density at radius 3 is 2.17 bits per heavy atom. The van der Waals surface area contributed by atoms with Gasteiger partial charge >= 0.3 is 15.6 Å². The van der Waals surface area contributed by atoms with E-state index in [0.29, 0.717) is 58.0 Å². The minimum absolute atomic E-state index is 0.0452. The van der Waals surface area contributed by atoms with Crippen LogP contribution in [0.15, 0.2) is 24.4 Å². The monoisotopic (exact) mass is 447 g/mol. The van der Waals surface area contributed by atoms with Gasteiger partial charge in [0.25, 0.3) is 0 Å². The number of nitrogens with zero attached hydrogens (tertiary/aromatic N) is 3. The van der Waals surface area contributed by atoms with Gasteiger partial charge in [0.15, 0.2) is 5.75 Å². The van der Waals surface area contributed by atoms with Crippen LogP contribution in [0.25, 0.3) is 10.9 Å². The van der Waals surface area contributed by atoms with Crippen LogP contribution in [0.1, 0.15) is 0 Å². The van der Waals surface area contributed by atoms with Gasteiger partial charge in [-0.1, -0.05) is 12.1 Å². The van der Waals surface area contributed by atoms with Gasteiger partial charge < -0.3 is 23.5 Å². The van der Waals surface area contributed by atoms with Crippen LogP contribution in [-0.4, -0.2) is 71.5 Å². The Morgan fingerprint density at radius 2 is 1.57 bits per heavy atom. The third-order valence-corrected chi connectivity index (χ3v) is 5.94. The van der Waals surface area contributed by atoms with Crippen LogP contribution in [0.2, 0.25) is 0 Å². The van der Waals surface area contributed by atoms with Gasteiger partial charge in [0.05, 0.1) is 44.0 Å². The highest BCUT2D eigenvalue weighted by atomic mass is 32.2. The van der Waals surface area contributed by atoms with Crippen molar-refractivity contribution in [3.63, 3.8) is 0 Å². The lowest BCUT2D eigenvalue weighted by Gasteiger charge is -2.36. The minimum Gasteiger partial charge on any atom is -0.378 e. The number of pyridine rings is 1. The summed E-state index contributed by atoms with van der Waals surface area (Å²) in [5.74, 6) is -0.465. The lowest BCUT2D eigenvalue weighted by molar-refractivity contribution is -0.0499. The number of para-hydroxylation sites is 1. The van der Waals surface area contributed by atoms with Crippen molar-refractivity contribution in [3.8, 4) is 5.75 Å². The number of benzene rings is 1. The van der Waals surface area contributed by atoms with E-state index in [2.05, 4.69) is 19.0 Å². The number of anilines is 2. The van der Waals surface area contributed by atoms with Crippen LogP contribution in [0.4, 0.5) is 24.5 Å². The van der Waals surface area contributed by atoms with Crippen molar-refractivity contribution in [3.05, 3.63) is 24.4 Å². The van der Waals surface area contributed by atoms with Crippen LogP contribution >= 0.6 is 0 Å². The lowest BCUT2D eigenvalue weighted by Crippen LogP contribution is -2.40. The molecule has 0 bridgehead atoms. The van der Waals surface area contributed by atoms with Gasteiger partial charge in [0, 0.05) is 31.6 Å². The third kappa shape index (κ3) is 3.98. The van der Waals surface area contributed by atoms with E-state index in [9.17, 15) is 21.6 Å². The molecule has 0 atom stereocenters. The predicted octanol–water partition coefficient (Wildman–Crippen LogP) is 2.14. The first-order chi connectivity index (χ1) is 14.3. The van der Waals surface area contributed by atoms with Crippen molar-refractivity contribution in [2.75, 3.05) is 62.4 Å². The summed E-state index contributed by atoms with van der Waals surface area (Å²) in [6.07, 6.45) is 1.55. The molecule has 164 valence electrons. The molecule has 2 fully saturated rings. The van der Waals surface area contributed by atoms with Gasteiger partial charge in [0.1, 0.15) is 5.52 Å². The standard InChI is InChI=1S/C18H20F3N3O5S/c19-18(20,21)30(25,26)29-15-3-1-2-13-16(15)22-12-14(23-4-8-27-9-5-23)17(13)24-6-10-28-11-7-24/h1-3,12H,4-11H2. The van der Waals surface area contributed by atoms with E-state index in [4.69, 9.17) is 9.47 Å². The summed E-state index contributed by atoms with van der Waals surface area (Å²) in [6, 6.07) is 4.32. The van der Waals surface area contributed by atoms with Crippen molar-refractivity contribution < 1.29 is 35.2 Å². The minimum atomic E-state index is -5.81. The first kappa shape index (κ1) is 20.9. The number of morpholine rings is 2. The average Bonchev–Trinajstić information content (AvgIpc) is 2.73. The topological polar surface area (TPSA) is 81.2 Å². The van der Waals surface area contributed by atoms with E-state index >= 15 is 0 Å². The summed E-state index contributed by atoms with van der Waals surface area (Å²) in [6.45, 7) is 4.56. The summed E-state index contributed by atoms with van der Waals surface area (Å²) in [7, 11) is -5.81. The molecule has 0 N–H and O–H groups in total. The lowest BCUT2D eigenvalue weighted by atomic mass is 10.1. The molecule has 30 heavy (non-hydrogen) atoms. The van der Waals surface area contributed by atoms with E-state index in [1.165, 1.54) is 6.07 Å². The molecule has 2 aromatic rings. The van der Waals surface area contributed by atoms with E-state index in [1.807, 2.05) is 0 Å². The van der Waals surface area contributed by atoms with E-state index in [1.54, 1.807) is 12.3 Å². The van der Waals surface area contributed by atoms with Crippen molar-refractivity contribution in [2.24, 2.45) is 0 Å². The van der Waals surface area contributed by atoms with Gasteiger partial charge in [-0.25, -0.2) is 4.98 Å². The molecule has 1 aromatic carbocycles. The van der Waals surface area contributed by atoms with Gasteiger partial charge in [0.2, 0.25) is 0 Å². The molecular weight excluding hydrogens is 427 g/mol. The van der Waals surface area contributed by atoms with E-state index in [-0.39, 0.29) is 5.52 Å². The molecule has 2 saturated heterocycles. The fraction of sp³-hybridized carbons (Fsp3) is 0.500. The van der Waals surface area contributed by atoms with Gasteiger partial charge in [-0.05, 0) is 6.07 Å². The maximum atomic E-state index is 12.8. The highest BCUT2D eigenvalue weighted by Crippen LogP contribution is 2.40. The first-order valence-electron chi connectivity index (χ1n) is 9.36. The van der Waals surface area contributed by atoms with Crippen LogP contribution in [-0.2, 0) is 19.6 Å². The Hall–Kier alpha value is -2.31.